The lowest BCUT2D eigenvalue weighted by Gasteiger charge is -2.37. The molecule has 1 aliphatic carbocycles. The Bertz CT molecular complexity index is 1560. The van der Waals surface area contributed by atoms with Crippen molar-refractivity contribution in [1.29, 1.82) is 5.26 Å². The summed E-state index contributed by atoms with van der Waals surface area (Å²) in [6.07, 6.45) is 5.78. The van der Waals surface area contributed by atoms with E-state index >= 15 is 0 Å². The zero-order valence-electron chi connectivity index (χ0n) is 18.6. The first-order chi connectivity index (χ1) is 16.9. The van der Waals surface area contributed by atoms with Crippen LogP contribution in [-0.2, 0) is 10.0 Å². The van der Waals surface area contributed by atoms with E-state index in [1.54, 1.807) is 24.5 Å². The third-order valence-electron chi connectivity index (χ3n) is 5.86. The summed E-state index contributed by atoms with van der Waals surface area (Å²) < 4.78 is 33.7. The molecule has 35 heavy (non-hydrogen) atoms. The van der Waals surface area contributed by atoms with Crippen LogP contribution in [0.15, 0.2) is 58.3 Å². The molecule has 0 unspecified atom stereocenters. The van der Waals surface area contributed by atoms with Gasteiger partial charge in [-0.25, -0.2) is 23.1 Å². The number of fused-ring (bicyclic) bond motifs is 1. The van der Waals surface area contributed by atoms with E-state index in [9.17, 15) is 13.2 Å². The minimum absolute atomic E-state index is 0.0132. The van der Waals surface area contributed by atoms with Crippen LogP contribution >= 0.6 is 0 Å². The van der Waals surface area contributed by atoms with Crippen molar-refractivity contribution in [3.8, 4) is 17.5 Å². The highest BCUT2D eigenvalue weighted by molar-refractivity contribution is 7.89. The van der Waals surface area contributed by atoms with Gasteiger partial charge in [0.1, 0.15) is 11.9 Å². The molecule has 0 spiro atoms. The van der Waals surface area contributed by atoms with E-state index < -0.39 is 10.0 Å². The number of nitrogens with one attached hydrogen (secondary N) is 4. The summed E-state index contributed by atoms with van der Waals surface area (Å²) in [5.41, 5.74) is 2.43. The van der Waals surface area contributed by atoms with Crippen molar-refractivity contribution in [2.75, 3.05) is 12.4 Å². The molecule has 1 amide bonds. The molecule has 11 nitrogen and oxygen atoms in total. The quantitative estimate of drug-likeness (QED) is 0.306. The van der Waals surface area contributed by atoms with Gasteiger partial charge in [0.25, 0.3) is 5.91 Å². The normalized spacial score (nSPS) is 17.5. The highest BCUT2D eigenvalue weighted by Gasteiger charge is 2.34. The number of amides is 1. The molecule has 1 aromatic carbocycles. The number of nitrogens with zero attached hydrogens (tertiary/aromatic N) is 3. The van der Waals surface area contributed by atoms with Crippen LogP contribution in [0.4, 0.5) is 5.69 Å². The Morgan fingerprint density at radius 2 is 2.09 bits per heavy atom. The minimum Gasteiger partial charge on any atom is -0.443 e. The van der Waals surface area contributed by atoms with Crippen LogP contribution in [0.2, 0.25) is 0 Å². The molecule has 3 aromatic heterocycles. The molecular weight excluding hydrogens is 470 g/mol. The van der Waals surface area contributed by atoms with E-state index in [0.29, 0.717) is 24.1 Å². The minimum atomic E-state index is -3.74. The maximum absolute atomic E-state index is 12.7. The van der Waals surface area contributed by atoms with Gasteiger partial charge in [-0.05, 0) is 37.1 Å². The first-order valence-electron chi connectivity index (χ1n) is 10.8. The number of pyridine rings is 1. The molecule has 3 heterocycles. The monoisotopic (exact) mass is 491 g/mol. The number of hydrogen-bond acceptors (Lipinski definition) is 8. The van der Waals surface area contributed by atoms with E-state index in [1.165, 1.54) is 25.4 Å². The maximum atomic E-state index is 12.7. The van der Waals surface area contributed by atoms with Gasteiger partial charge in [-0.3, -0.25) is 4.79 Å². The fourth-order valence-corrected chi connectivity index (χ4v) is 5.32. The summed E-state index contributed by atoms with van der Waals surface area (Å²) in [6.45, 7) is 0. The van der Waals surface area contributed by atoms with Gasteiger partial charge in [0, 0.05) is 36.9 Å². The van der Waals surface area contributed by atoms with Gasteiger partial charge in [0.2, 0.25) is 15.9 Å². The number of anilines is 1. The number of aromatic amines is 1. The predicted molar refractivity (Wildman–Crippen MR) is 127 cm³/mol. The largest absolute Gasteiger partial charge is 0.443 e. The lowest BCUT2D eigenvalue weighted by molar-refractivity contribution is 0.0958. The first-order valence-corrected chi connectivity index (χ1v) is 12.3. The van der Waals surface area contributed by atoms with Crippen molar-refractivity contribution in [3.05, 3.63) is 60.2 Å². The van der Waals surface area contributed by atoms with E-state index in [1.807, 2.05) is 12.1 Å². The lowest BCUT2D eigenvalue weighted by Crippen LogP contribution is -2.49. The Hall–Kier alpha value is -4.21. The van der Waals surface area contributed by atoms with Crippen LogP contribution in [0.3, 0.4) is 0 Å². The fourth-order valence-electron chi connectivity index (χ4n) is 4.01. The Morgan fingerprint density at radius 3 is 2.86 bits per heavy atom. The topological polar surface area (TPSA) is 166 Å². The number of rotatable bonds is 7. The van der Waals surface area contributed by atoms with Crippen LogP contribution in [0.25, 0.3) is 22.5 Å². The highest BCUT2D eigenvalue weighted by atomic mass is 32.2. The Labute approximate surface area is 200 Å². The van der Waals surface area contributed by atoms with Gasteiger partial charge in [-0.1, -0.05) is 6.07 Å². The molecule has 4 N–H and O–H groups in total. The van der Waals surface area contributed by atoms with Crippen LogP contribution in [-0.4, -0.2) is 48.4 Å². The molecule has 5 rings (SSSR count). The molecule has 0 radical (unpaired) electrons. The zero-order valence-corrected chi connectivity index (χ0v) is 19.4. The number of oxazole rings is 1. The predicted octanol–water partition coefficient (Wildman–Crippen LogP) is 2.37. The van der Waals surface area contributed by atoms with E-state index in [0.717, 1.165) is 11.1 Å². The van der Waals surface area contributed by atoms with Crippen molar-refractivity contribution in [2.24, 2.45) is 0 Å². The zero-order chi connectivity index (χ0) is 24.6. The summed E-state index contributed by atoms with van der Waals surface area (Å²) in [4.78, 5) is 23.7. The van der Waals surface area contributed by atoms with Crippen molar-refractivity contribution < 1.29 is 17.6 Å². The SMILES string of the molecule is CNC(=O)c1coc(-c2cnc3[nH]ccc3c2N[C@H]2C[C@H](NS(=O)(=O)c3cccc(C#N)c3)C2)n1. The molecule has 1 fully saturated rings. The smallest absolute Gasteiger partial charge is 0.272 e. The third-order valence-corrected chi connectivity index (χ3v) is 7.38. The number of hydrogen-bond donors (Lipinski definition) is 4. The van der Waals surface area contributed by atoms with Crippen LogP contribution < -0.4 is 15.4 Å². The van der Waals surface area contributed by atoms with E-state index in [-0.39, 0.29) is 40.0 Å². The third kappa shape index (κ3) is 4.34. The van der Waals surface area contributed by atoms with Gasteiger partial charge in [-0.15, -0.1) is 0 Å². The Morgan fingerprint density at radius 1 is 1.26 bits per heavy atom. The standard InChI is InChI=1S/C23H21N7O4S/c1-25-22(31)19-12-34-23(29-19)18-11-27-21-17(5-6-26-21)20(18)28-14-8-15(9-14)30-35(32,33)16-4-2-3-13(7-16)10-24/h2-7,11-12,14-15,30H,8-9H2,1H3,(H,25,31)(H2,26,27,28)/t14-,15-. The van der Waals surface area contributed by atoms with Gasteiger partial charge < -0.3 is 20.0 Å². The second-order valence-electron chi connectivity index (χ2n) is 8.17. The number of aromatic nitrogens is 3. The summed E-state index contributed by atoms with van der Waals surface area (Å²) in [5.74, 6) is -0.115. The molecule has 1 aliphatic rings. The van der Waals surface area contributed by atoms with Crippen molar-refractivity contribution >= 4 is 32.7 Å². The summed E-state index contributed by atoms with van der Waals surface area (Å²) >= 11 is 0. The van der Waals surface area contributed by atoms with Crippen molar-refractivity contribution in [2.45, 2.75) is 29.8 Å². The van der Waals surface area contributed by atoms with Gasteiger partial charge in [-0.2, -0.15) is 5.26 Å². The van der Waals surface area contributed by atoms with Crippen LogP contribution in [0.5, 0.6) is 0 Å². The van der Waals surface area contributed by atoms with Gasteiger partial charge >= 0.3 is 0 Å². The summed E-state index contributed by atoms with van der Waals surface area (Å²) in [6, 6.07) is 9.48. The summed E-state index contributed by atoms with van der Waals surface area (Å²) in [5, 5.41) is 15.8. The highest BCUT2D eigenvalue weighted by Crippen LogP contribution is 2.36. The van der Waals surface area contributed by atoms with Crippen molar-refractivity contribution in [1.82, 2.24) is 25.0 Å². The van der Waals surface area contributed by atoms with Crippen molar-refractivity contribution in [3.63, 3.8) is 0 Å². The van der Waals surface area contributed by atoms with E-state index in [2.05, 4.69) is 30.3 Å². The molecule has 0 aliphatic heterocycles. The second kappa shape index (κ2) is 8.86. The summed E-state index contributed by atoms with van der Waals surface area (Å²) in [7, 11) is -2.23. The van der Waals surface area contributed by atoms with Gasteiger partial charge in [0.15, 0.2) is 5.69 Å². The number of carbonyl (C=O) groups excluding carboxylic acids is 1. The molecule has 12 heteroatoms. The fraction of sp³-hybridized carbons (Fsp3) is 0.217. The molecule has 0 saturated heterocycles. The number of benzene rings is 1. The molecule has 1 saturated carbocycles. The number of nitriles is 1. The molecular formula is C23H21N7O4S. The maximum Gasteiger partial charge on any atom is 0.272 e. The lowest BCUT2D eigenvalue weighted by atomic mass is 9.87. The van der Waals surface area contributed by atoms with Gasteiger partial charge in [0.05, 0.1) is 27.8 Å². The number of sulfonamides is 1. The Kier molecular flexibility index (Phi) is 5.72. The van der Waals surface area contributed by atoms with E-state index in [4.69, 9.17) is 9.68 Å². The molecule has 0 bridgehead atoms. The average Bonchev–Trinajstić information content (AvgIpc) is 3.52. The number of H-pyrrole nitrogens is 1. The molecule has 178 valence electrons. The van der Waals surface area contributed by atoms with Crippen LogP contribution in [0.1, 0.15) is 28.9 Å². The van der Waals surface area contributed by atoms with Crippen LogP contribution in [0, 0.1) is 11.3 Å². The second-order valence-corrected chi connectivity index (χ2v) is 9.89. The Balaban J connectivity index is 1.33. The molecule has 4 aromatic rings. The molecule has 0 atom stereocenters. The first kappa shape index (κ1) is 22.6. The average molecular weight is 492 g/mol. The number of carbonyl (C=O) groups is 1.